The standard InChI is InChI=1S/C19H13F3N6O4/c20-19(21,22)9-1-2-12(23-4-9)13-3-15(30)28-16(26-13)11(5-25-28)17-24-6-14(32-17)18(31)27-7-10(29)8-27/h1-6,10,26,29H,7-8H2. The van der Waals surface area contributed by atoms with E-state index in [4.69, 9.17) is 4.42 Å². The molecule has 1 aliphatic rings. The van der Waals surface area contributed by atoms with Crippen molar-refractivity contribution in [1.29, 1.82) is 0 Å². The third-order valence-electron chi connectivity index (χ3n) is 4.96. The first-order valence-corrected chi connectivity index (χ1v) is 9.29. The summed E-state index contributed by atoms with van der Waals surface area (Å²) in [4.78, 5) is 36.9. The normalized spacial score (nSPS) is 14.7. The minimum atomic E-state index is -4.53. The number of hydrogen-bond donors (Lipinski definition) is 2. The lowest BCUT2D eigenvalue weighted by Gasteiger charge is -2.34. The Morgan fingerprint density at radius 2 is 1.97 bits per heavy atom. The Balaban J connectivity index is 1.51. The van der Waals surface area contributed by atoms with Crippen molar-refractivity contribution in [2.24, 2.45) is 0 Å². The fourth-order valence-electron chi connectivity index (χ4n) is 3.27. The van der Waals surface area contributed by atoms with Gasteiger partial charge >= 0.3 is 6.18 Å². The number of H-pyrrole nitrogens is 1. The van der Waals surface area contributed by atoms with Crippen LogP contribution >= 0.6 is 0 Å². The van der Waals surface area contributed by atoms with E-state index in [-0.39, 0.29) is 47.3 Å². The molecule has 0 unspecified atom stereocenters. The fourth-order valence-corrected chi connectivity index (χ4v) is 3.27. The first-order chi connectivity index (χ1) is 15.2. The molecular formula is C19H13F3N6O4. The highest BCUT2D eigenvalue weighted by atomic mass is 19.4. The van der Waals surface area contributed by atoms with Crippen LogP contribution in [0.5, 0.6) is 0 Å². The minimum Gasteiger partial charge on any atom is -0.431 e. The molecule has 4 aromatic heterocycles. The lowest BCUT2D eigenvalue weighted by atomic mass is 10.1. The molecule has 4 aromatic rings. The SMILES string of the molecule is O=C(c1cnc(-c2cnn3c(=O)cc(-c4ccc(C(F)(F)F)cn4)[nH]c23)o1)N1CC(O)C1. The van der Waals surface area contributed by atoms with Crippen LogP contribution < -0.4 is 5.56 Å². The Morgan fingerprint density at radius 1 is 1.19 bits per heavy atom. The van der Waals surface area contributed by atoms with Crippen LogP contribution in [0.25, 0.3) is 28.5 Å². The van der Waals surface area contributed by atoms with E-state index < -0.39 is 29.3 Å². The molecule has 0 aliphatic carbocycles. The van der Waals surface area contributed by atoms with Crippen LogP contribution in [0.3, 0.4) is 0 Å². The summed E-state index contributed by atoms with van der Waals surface area (Å²) < 4.78 is 44.9. The summed E-state index contributed by atoms with van der Waals surface area (Å²) in [5.74, 6) is -0.472. The Hall–Kier alpha value is -4.00. The van der Waals surface area contributed by atoms with Crippen molar-refractivity contribution < 1.29 is 27.5 Å². The largest absolute Gasteiger partial charge is 0.431 e. The van der Waals surface area contributed by atoms with E-state index in [1.165, 1.54) is 17.3 Å². The van der Waals surface area contributed by atoms with Gasteiger partial charge in [0.2, 0.25) is 11.7 Å². The molecule has 0 spiro atoms. The maximum Gasteiger partial charge on any atom is 0.417 e. The molecule has 0 saturated carbocycles. The maximum absolute atomic E-state index is 12.8. The second-order valence-corrected chi connectivity index (χ2v) is 7.16. The summed E-state index contributed by atoms with van der Waals surface area (Å²) in [6.45, 7) is 0.394. The Bertz CT molecular complexity index is 1380. The molecule has 5 heterocycles. The van der Waals surface area contributed by atoms with Gasteiger partial charge in [-0.15, -0.1) is 0 Å². The first kappa shape index (κ1) is 19.9. The number of aliphatic hydroxyl groups excluding tert-OH is 1. The van der Waals surface area contributed by atoms with Gasteiger partial charge in [-0.05, 0) is 12.1 Å². The number of nitrogens with one attached hydrogen (secondary N) is 1. The number of hydrogen-bond acceptors (Lipinski definition) is 7. The highest BCUT2D eigenvalue weighted by Gasteiger charge is 2.32. The van der Waals surface area contributed by atoms with Crippen LogP contribution in [-0.4, -0.2) is 59.7 Å². The molecule has 1 saturated heterocycles. The van der Waals surface area contributed by atoms with Crippen molar-refractivity contribution >= 4 is 11.6 Å². The van der Waals surface area contributed by atoms with Gasteiger partial charge in [-0.3, -0.25) is 14.6 Å². The van der Waals surface area contributed by atoms with Gasteiger partial charge in [0.05, 0.1) is 35.4 Å². The second-order valence-electron chi connectivity index (χ2n) is 7.16. The zero-order chi connectivity index (χ0) is 22.6. The van der Waals surface area contributed by atoms with E-state index in [2.05, 4.69) is 20.1 Å². The number of carbonyl (C=O) groups is 1. The van der Waals surface area contributed by atoms with Gasteiger partial charge in [0.25, 0.3) is 11.5 Å². The van der Waals surface area contributed by atoms with Crippen molar-refractivity contribution in [1.82, 2.24) is 29.5 Å². The molecule has 164 valence electrons. The van der Waals surface area contributed by atoms with Crippen molar-refractivity contribution in [2.75, 3.05) is 13.1 Å². The van der Waals surface area contributed by atoms with E-state index in [0.29, 0.717) is 6.20 Å². The van der Waals surface area contributed by atoms with E-state index >= 15 is 0 Å². The van der Waals surface area contributed by atoms with E-state index in [1.807, 2.05) is 0 Å². The van der Waals surface area contributed by atoms with Crippen molar-refractivity contribution in [3.63, 3.8) is 0 Å². The van der Waals surface area contributed by atoms with Gasteiger partial charge in [0, 0.05) is 25.4 Å². The average molecular weight is 446 g/mol. The van der Waals surface area contributed by atoms with E-state index in [0.717, 1.165) is 22.7 Å². The lowest BCUT2D eigenvalue weighted by molar-refractivity contribution is -0.137. The molecule has 1 aliphatic heterocycles. The number of oxazole rings is 1. The van der Waals surface area contributed by atoms with Crippen LogP contribution in [-0.2, 0) is 6.18 Å². The Labute approximate surface area is 175 Å². The topological polar surface area (TPSA) is 130 Å². The van der Waals surface area contributed by atoms with Gasteiger partial charge in [0.1, 0.15) is 5.56 Å². The van der Waals surface area contributed by atoms with Gasteiger partial charge in [-0.2, -0.15) is 22.8 Å². The monoisotopic (exact) mass is 446 g/mol. The number of rotatable bonds is 3. The number of β-amino-alcohol motifs (C(OH)–C–C–N with tert-alkyl or cyclic N) is 1. The van der Waals surface area contributed by atoms with Gasteiger partial charge in [-0.25, -0.2) is 4.98 Å². The van der Waals surface area contributed by atoms with Gasteiger partial charge in [-0.1, -0.05) is 0 Å². The van der Waals surface area contributed by atoms with Crippen molar-refractivity contribution in [2.45, 2.75) is 12.3 Å². The highest BCUT2D eigenvalue weighted by molar-refractivity contribution is 5.92. The number of fused-ring (bicyclic) bond motifs is 1. The predicted molar refractivity (Wildman–Crippen MR) is 101 cm³/mol. The maximum atomic E-state index is 12.8. The summed E-state index contributed by atoms with van der Waals surface area (Å²) in [5.41, 5.74) is -0.770. The third-order valence-corrected chi connectivity index (χ3v) is 4.96. The number of aliphatic hydroxyl groups is 1. The average Bonchev–Trinajstić information content (AvgIpc) is 3.37. The Morgan fingerprint density at radius 3 is 2.62 bits per heavy atom. The molecule has 1 fully saturated rings. The predicted octanol–water partition coefficient (Wildman–Crippen LogP) is 1.58. The summed E-state index contributed by atoms with van der Waals surface area (Å²) in [7, 11) is 0. The molecule has 10 nitrogen and oxygen atoms in total. The molecule has 0 bridgehead atoms. The second kappa shape index (κ2) is 7.02. The van der Waals surface area contributed by atoms with Crippen LogP contribution in [0.4, 0.5) is 13.2 Å². The van der Waals surface area contributed by atoms with E-state index in [1.54, 1.807) is 0 Å². The lowest BCUT2D eigenvalue weighted by Crippen LogP contribution is -2.53. The van der Waals surface area contributed by atoms with Crippen LogP contribution in [0.1, 0.15) is 16.1 Å². The summed E-state index contributed by atoms with van der Waals surface area (Å²) >= 11 is 0. The minimum absolute atomic E-state index is 0.0117. The summed E-state index contributed by atoms with van der Waals surface area (Å²) in [6.07, 6.45) is -1.89. The number of halogens is 3. The number of aromatic amines is 1. The van der Waals surface area contributed by atoms with Crippen LogP contribution in [0.15, 0.2) is 46.0 Å². The van der Waals surface area contributed by atoms with Crippen molar-refractivity contribution in [3.8, 4) is 22.8 Å². The van der Waals surface area contributed by atoms with Crippen LogP contribution in [0, 0.1) is 0 Å². The fraction of sp³-hybridized carbons (Fsp3) is 0.211. The molecular weight excluding hydrogens is 433 g/mol. The molecule has 0 radical (unpaired) electrons. The number of amides is 1. The van der Waals surface area contributed by atoms with Crippen LogP contribution in [0.2, 0.25) is 0 Å². The highest BCUT2D eigenvalue weighted by Crippen LogP contribution is 2.30. The molecule has 0 aromatic carbocycles. The number of pyridine rings is 1. The van der Waals surface area contributed by atoms with E-state index in [9.17, 15) is 27.9 Å². The molecule has 1 amide bonds. The number of nitrogens with zero attached hydrogens (tertiary/aromatic N) is 5. The first-order valence-electron chi connectivity index (χ1n) is 9.29. The number of carbonyl (C=O) groups excluding carboxylic acids is 1. The number of likely N-dealkylation sites (tertiary alicyclic amines) is 1. The molecule has 32 heavy (non-hydrogen) atoms. The Kier molecular flexibility index (Phi) is 4.37. The summed E-state index contributed by atoms with van der Waals surface area (Å²) in [5, 5.41) is 13.3. The number of alkyl halides is 3. The zero-order valence-corrected chi connectivity index (χ0v) is 16.0. The molecule has 0 atom stereocenters. The molecule has 5 rings (SSSR count). The molecule has 13 heteroatoms. The zero-order valence-electron chi connectivity index (χ0n) is 16.0. The third kappa shape index (κ3) is 3.32. The number of aromatic nitrogens is 5. The van der Waals surface area contributed by atoms with Gasteiger partial charge in [0.15, 0.2) is 5.65 Å². The summed E-state index contributed by atoms with van der Waals surface area (Å²) in [6, 6.07) is 3.16. The smallest absolute Gasteiger partial charge is 0.417 e. The van der Waals surface area contributed by atoms with Gasteiger partial charge < -0.3 is 19.4 Å². The molecule has 2 N–H and O–H groups in total. The quantitative estimate of drug-likeness (QED) is 0.489. The van der Waals surface area contributed by atoms with Crippen molar-refractivity contribution in [3.05, 3.63) is 58.5 Å².